The molecule has 9 unspecified atom stereocenters. The summed E-state index contributed by atoms with van der Waals surface area (Å²) in [5.74, 6) is -16.5. The van der Waals surface area contributed by atoms with Crippen molar-refractivity contribution in [1.82, 2.24) is 0 Å². The average molecular weight is 891 g/mol. The van der Waals surface area contributed by atoms with E-state index in [1.54, 1.807) is 0 Å². The minimum Gasteiger partial charge on any atom is -0.481 e. The Morgan fingerprint density at radius 1 is 0.242 bits per heavy atom. The van der Waals surface area contributed by atoms with Crippen molar-refractivity contribution in [2.24, 2.45) is 54.1 Å². The molecule has 0 rings (SSSR count). The molecule has 0 bridgehead atoms. The molecule has 0 aliphatic rings. The molecule has 62 heavy (non-hydrogen) atoms. The van der Waals surface area contributed by atoms with Gasteiger partial charge in [-0.2, -0.15) is 0 Å². The van der Waals surface area contributed by atoms with E-state index in [9.17, 15) is 99.0 Å². The van der Waals surface area contributed by atoms with Crippen LogP contribution in [0.3, 0.4) is 0 Å². The van der Waals surface area contributed by atoms with Gasteiger partial charge in [0, 0.05) is 0 Å². The fourth-order valence-electron chi connectivity index (χ4n) is 10.0. The normalized spacial score (nSPS) is 20.8. The second-order valence-corrected chi connectivity index (χ2v) is 20.9. The summed E-state index contributed by atoms with van der Waals surface area (Å²) < 4.78 is 0. The largest absolute Gasteiger partial charge is 0.481 e. The molecule has 20 heteroatoms. The second kappa shape index (κ2) is 18.6. The van der Waals surface area contributed by atoms with E-state index >= 15 is 0 Å². The highest BCUT2D eigenvalue weighted by molar-refractivity contribution is 5.85. The van der Waals surface area contributed by atoms with Crippen LogP contribution in [0.5, 0.6) is 0 Å². The molecular formula is C42H66O20. The van der Waals surface area contributed by atoms with E-state index in [4.69, 9.17) is 0 Å². The first-order valence-corrected chi connectivity index (χ1v) is 19.7. The second-order valence-electron chi connectivity index (χ2n) is 20.9. The molecule has 0 fully saturated rings. The zero-order valence-corrected chi connectivity index (χ0v) is 37.6. The first-order valence-electron chi connectivity index (χ1n) is 19.7. The highest BCUT2D eigenvalue weighted by Crippen LogP contribution is 2.55. The van der Waals surface area contributed by atoms with Crippen LogP contribution in [0.15, 0.2) is 0 Å². The molecule has 0 aliphatic carbocycles. The lowest BCUT2D eigenvalue weighted by molar-refractivity contribution is -0.168. The van der Waals surface area contributed by atoms with Crippen molar-refractivity contribution in [1.29, 1.82) is 0 Å². The van der Waals surface area contributed by atoms with E-state index in [-0.39, 0.29) is 6.42 Å². The van der Waals surface area contributed by atoms with Crippen LogP contribution in [0, 0.1) is 54.1 Å². The van der Waals surface area contributed by atoms with Crippen LogP contribution in [0.4, 0.5) is 0 Å². The number of carboxylic acid groups (broad SMARTS) is 10. The van der Waals surface area contributed by atoms with E-state index < -0.39 is 172 Å². The molecule has 0 saturated carbocycles. The Labute approximate surface area is 359 Å². The third-order valence-electron chi connectivity index (χ3n) is 13.1. The number of rotatable bonds is 29. The fraction of sp³-hybridized carbons (Fsp3) is 0.762. The van der Waals surface area contributed by atoms with E-state index in [0.29, 0.717) is 0 Å². The lowest BCUT2D eigenvalue weighted by atomic mass is 9.56. The van der Waals surface area contributed by atoms with Gasteiger partial charge in [-0.3, -0.25) is 47.9 Å². The maximum Gasteiger partial charge on any atom is 0.309 e. The van der Waals surface area contributed by atoms with E-state index in [1.165, 1.54) is 27.7 Å². The van der Waals surface area contributed by atoms with Crippen molar-refractivity contribution in [2.75, 3.05) is 0 Å². The third-order valence-corrected chi connectivity index (χ3v) is 13.1. The molecule has 0 amide bonds. The molecule has 0 aromatic heterocycles. The molecule has 0 aliphatic heterocycles. The molecule has 0 spiro atoms. The van der Waals surface area contributed by atoms with Gasteiger partial charge < -0.3 is 51.1 Å². The molecule has 354 valence electrons. The van der Waals surface area contributed by atoms with Crippen LogP contribution in [0.2, 0.25) is 0 Å². The SMILES string of the molecule is CCC(C)(CC(C)(CC(C)(CC(C)(CC(C)(CC(C)(CC(C)(CC(C)(CC(C)(CC(C)(C)C(=O)O)C(=O)O)C(=O)O)C(=O)O)C(=O)O)C(=O)O)C(=O)O)C(=O)O)C(=O)O)C(=O)O. The highest BCUT2D eigenvalue weighted by atomic mass is 16.4. The molecule has 0 radical (unpaired) electrons. The third kappa shape index (κ3) is 12.6. The number of carbonyl (C=O) groups is 10. The first kappa shape index (κ1) is 56.7. The predicted octanol–water partition coefficient (Wildman–Crippen LogP) is 5.84. The van der Waals surface area contributed by atoms with E-state index in [0.717, 1.165) is 55.4 Å². The van der Waals surface area contributed by atoms with Crippen LogP contribution in [0.25, 0.3) is 0 Å². The molecule has 0 saturated heterocycles. The summed E-state index contributed by atoms with van der Waals surface area (Å²) in [5, 5.41) is 103. The highest BCUT2D eigenvalue weighted by Gasteiger charge is 2.59. The zero-order chi connectivity index (χ0) is 49.8. The molecule has 10 N–H and O–H groups in total. The smallest absolute Gasteiger partial charge is 0.309 e. The number of hydrogen-bond acceptors (Lipinski definition) is 10. The Morgan fingerprint density at radius 3 is 0.484 bits per heavy atom. The Kier molecular flexibility index (Phi) is 17.0. The van der Waals surface area contributed by atoms with Crippen molar-refractivity contribution < 1.29 is 99.0 Å². The van der Waals surface area contributed by atoms with Crippen molar-refractivity contribution in [3.05, 3.63) is 0 Å². The average Bonchev–Trinajstić information content (AvgIpc) is 3.06. The Hall–Kier alpha value is -5.30. The minimum absolute atomic E-state index is 0.0650. The number of carboxylic acids is 10. The van der Waals surface area contributed by atoms with Crippen LogP contribution < -0.4 is 0 Å². The summed E-state index contributed by atoms with van der Waals surface area (Å²) in [6.07, 6.45) is -7.93. The number of hydrogen-bond donors (Lipinski definition) is 10. The van der Waals surface area contributed by atoms with Gasteiger partial charge in [0.05, 0.1) is 54.1 Å². The summed E-state index contributed by atoms with van der Waals surface area (Å²) in [4.78, 5) is 128. The van der Waals surface area contributed by atoms with Gasteiger partial charge in [-0.15, -0.1) is 0 Å². The Bertz CT molecular complexity index is 1840. The zero-order valence-electron chi connectivity index (χ0n) is 37.6. The minimum atomic E-state index is -2.44. The van der Waals surface area contributed by atoms with Gasteiger partial charge in [0.25, 0.3) is 0 Å². The van der Waals surface area contributed by atoms with Crippen molar-refractivity contribution >= 4 is 59.7 Å². The van der Waals surface area contributed by atoms with Gasteiger partial charge in [0.15, 0.2) is 0 Å². The van der Waals surface area contributed by atoms with Gasteiger partial charge in [0.2, 0.25) is 0 Å². The van der Waals surface area contributed by atoms with Gasteiger partial charge in [-0.1, -0.05) is 6.92 Å². The Balaban J connectivity index is 7.51. The monoisotopic (exact) mass is 890 g/mol. The van der Waals surface area contributed by atoms with E-state index in [1.807, 2.05) is 0 Å². The maximum atomic E-state index is 13.2. The summed E-state index contributed by atoms with van der Waals surface area (Å²) in [7, 11) is 0. The molecule has 0 aromatic carbocycles. The number of aliphatic carboxylic acids is 10. The van der Waals surface area contributed by atoms with Gasteiger partial charge >= 0.3 is 59.7 Å². The molecule has 0 aromatic rings. The van der Waals surface area contributed by atoms with Crippen molar-refractivity contribution in [2.45, 2.75) is 147 Å². The van der Waals surface area contributed by atoms with Crippen LogP contribution in [0.1, 0.15) is 147 Å². The van der Waals surface area contributed by atoms with Gasteiger partial charge in [-0.05, 0) is 140 Å². The first-order chi connectivity index (χ1) is 27.4. The van der Waals surface area contributed by atoms with Crippen molar-refractivity contribution in [3.63, 3.8) is 0 Å². The summed E-state index contributed by atoms with van der Waals surface area (Å²) in [5.41, 5.74) is -21.8. The predicted molar refractivity (Wildman–Crippen MR) is 215 cm³/mol. The maximum absolute atomic E-state index is 13.2. The van der Waals surface area contributed by atoms with Gasteiger partial charge in [0.1, 0.15) is 0 Å². The standard InChI is InChI=1S/C42H66O20/c1-13-34(4,24(45)46)15-36(6,26(49)50)17-38(8,28(53)54)19-40(10,30(57)58)21-42(12,32(61)62)22-41(11,31(59)60)20-39(9,29(55)56)18-37(7,27(51)52)16-35(5,25(47)48)14-33(2,3)23(43)44/h13-22H2,1-12H3,(H,43,44)(H,45,46)(H,47,48)(H,49,50)(H,51,52)(H,53,54)(H,55,56)(H,57,58)(H,59,60)(H,61,62). The lowest BCUT2D eigenvalue weighted by Crippen LogP contribution is -2.50. The molecule has 0 heterocycles. The lowest BCUT2D eigenvalue weighted by Gasteiger charge is -2.45. The summed E-state index contributed by atoms with van der Waals surface area (Å²) in [6.45, 7) is 13.3. The van der Waals surface area contributed by atoms with Crippen molar-refractivity contribution in [3.8, 4) is 0 Å². The van der Waals surface area contributed by atoms with Crippen LogP contribution in [-0.2, 0) is 47.9 Å². The quantitative estimate of drug-likeness (QED) is 0.0422. The van der Waals surface area contributed by atoms with E-state index in [2.05, 4.69) is 0 Å². The fourth-order valence-corrected chi connectivity index (χ4v) is 10.0. The molecular weight excluding hydrogens is 824 g/mol. The summed E-state index contributed by atoms with van der Waals surface area (Å²) in [6, 6.07) is 0. The van der Waals surface area contributed by atoms with Crippen LogP contribution in [-0.4, -0.2) is 111 Å². The van der Waals surface area contributed by atoms with Crippen LogP contribution >= 0.6 is 0 Å². The van der Waals surface area contributed by atoms with Gasteiger partial charge in [-0.25, -0.2) is 0 Å². The summed E-state index contributed by atoms with van der Waals surface area (Å²) >= 11 is 0. The topological polar surface area (TPSA) is 373 Å². The molecule has 9 atom stereocenters. The Morgan fingerprint density at radius 2 is 0.371 bits per heavy atom. The molecule has 20 nitrogen and oxygen atoms in total.